The zero-order chi connectivity index (χ0) is 11.5. The molecule has 4 aliphatic carbocycles. The smallest absolute Gasteiger partial charge is 0.175 e. The molecule has 5 heteroatoms. The van der Waals surface area contributed by atoms with Gasteiger partial charge in [-0.1, -0.05) is 5.21 Å². The molecule has 2 unspecified atom stereocenters. The normalized spacial score (nSPS) is 47.6. The second-order valence-electron chi connectivity index (χ2n) is 6.55. The Kier molecular flexibility index (Phi) is 1.93. The number of rotatable bonds is 2. The summed E-state index contributed by atoms with van der Waals surface area (Å²) in [6.07, 6.45) is 7.67. The Morgan fingerprint density at radius 1 is 1.24 bits per heavy atom. The van der Waals surface area contributed by atoms with Gasteiger partial charge in [0.15, 0.2) is 5.82 Å². The lowest BCUT2D eigenvalue weighted by Crippen LogP contribution is -2.57. The van der Waals surface area contributed by atoms with Gasteiger partial charge in [0.2, 0.25) is 0 Å². The van der Waals surface area contributed by atoms with E-state index < -0.39 is 0 Å². The summed E-state index contributed by atoms with van der Waals surface area (Å²) in [4.78, 5) is 0. The van der Waals surface area contributed by atoms with Crippen LogP contribution < -0.4 is 5.73 Å². The molecule has 0 saturated heterocycles. The summed E-state index contributed by atoms with van der Waals surface area (Å²) in [7, 11) is 0. The number of hydrogen-bond donors (Lipinski definition) is 2. The quantitative estimate of drug-likeness (QED) is 0.795. The van der Waals surface area contributed by atoms with Crippen molar-refractivity contribution in [2.24, 2.45) is 28.9 Å². The van der Waals surface area contributed by atoms with Crippen LogP contribution in [-0.4, -0.2) is 26.7 Å². The number of aromatic nitrogens is 4. The van der Waals surface area contributed by atoms with Gasteiger partial charge in [0.25, 0.3) is 0 Å². The fourth-order valence-electron chi connectivity index (χ4n) is 5.04. The molecule has 4 saturated carbocycles. The van der Waals surface area contributed by atoms with Gasteiger partial charge in [-0.15, -0.1) is 10.2 Å². The molecule has 0 radical (unpaired) electrons. The molecule has 4 bridgehead atoms. The Morgan fingerprint density at radius 3 is 2.65 bits per heavy atom. The molecule has 4 fully saturated rings. The molecule has 17 heavy (non-hydrogen) atoms. The highest BCUT2D eigenvalue weighted by Crippen LogP contribution is 2.60. The van der Waals surface area contributed by atoms with E-state index in [0.717, 1.165) is 30.0 Å². The summed E-state index contributed by atoms with van der Waals surface area (Å²) in [6, 6.07) is 0.463. The Balaban J connectivity index is 1.62. The van der Waals surface area contributed by atoms with E-state index in [9.17, 15) is 0 Å². The summed E-state index contributed by atoms with van der Waals surface area (Å²) in [6.45, 7) is 0. The third kappa shape index (κ3) is 1.44. The van der Waals surface area contributed by atoms with Crippen molar-refractivity contribution in [1.29, 1.82) is 0 Å². The van der Waals surface area contributed by atoms with Crippen molar-refractivity contribution in [3.63, 3.8) is 0 Å². The van der Waals surface area contributed by atoms with Crippen molar-refractivity contribution in [1.82, 2.24) is 20.6 Å². The van der Waals surface area contributed by atoms with Gasteiger partial charge < -0.3 is 5.73 Å². The number of nitrogens with one attached hydrogen (secondary N) is 1. The third-order valence-corrected chi connectivity index (χ3v) is 5.40. The molecule has 0 spiro atoms. The first-order chi connectivity index (χ1) is 8.24. The van der Waals surface area contributed by atoms with Crippen LogP contribution in [0, 0.1) is 23.2 Å². The van der Waals surface area contributed by atoms with E-state index in [1.807, 2.05) is 0 Å². The van der Waals surface area contributed by atoms with Crippen LogP contribution in [0.1, 0.15) is 37.9 Å². The van der Waals surface area contributed by atoms with Gasteiger partial charge in [-0.3, -0.25) is 0 Å². The minimum absolute atomic E-state index is 0.441. The first-order valence-corrected chi connectivity index (χ1v) is 6.72. The molecule has 1 aromatic heterocycles. The van der Waals surface area contributed by atoms with Gasteiger partial charge in [-0.05, 0) is 55.3 Å². The lowest BCUT2D eigenvalue weighted by atomic mass is 9.47. The SMILES string of the molecule is NC1C2CC3CC1CC(Cc1nn[nH]n1)(C3)C2. The topological polar surface area (TPSA) is 80.5 Å². The molecule has 0 aliphatic heterocycles. The highest BCUT2D eigenvalue weighted by Gasteiger charge is 2.54. The lowest BCUT2D eigenvalue weighted by Gasteiger charge is -2.59. The van der Waals surface area contributed by atoms with Crippen LogP contribution in [0.2, 0.25) is 0 Å². The van der Waals surface area contributed by atoms with Crippen molar-refractivity contribution in [3.05, 3.63) is 5.82 Å². The Bertz CT molecular complexity index is 399. The van der Waals surface area contributed by atoms with E-state index in [-0.39, 0.29) is 0 Å². The number of nitrogens with zero attached hydrogens (tertiary/aromatic N) is 3. The van der Waals surface area contributed by atoms with Gasteiger partial charge in [0.1, 0.15) is 0 Å². The van der Waals surface area contributed by atoms with E-state index in [2.05, 4.69) is 20.6 Å². The maximum Gasteiger partial charge on any atom is 0.175 e. The maximum atomic E-state index is 6.35. The van der Waals surface area contributed by atoms with Gasteiger partial charge in [-0.2, -0.15) is 5.21 Å². The van der Waals surface area contributed by atoms with Crippen molar-refractivity contribution < 1.29 is 0 Å². The van der Waals surface area contributed by atoms with E-state index in [0.29, 0.717) is 11.5 Å². The number of tetrazole rings is 1. The lowest BCUT2D eigenvalue weighted by molar-refractivity contribution is -0.0672. The maximum absolute atomic E-state index is 6.35. The monoisotopic (exact) mass is 233 g/mol. The highest BCUT2D eigenvalue weighted by atomic mass is 15.5. The molecular weight excluding hydrogens is 214 g/mol. The molecule has 4 aliphatic rings. The number of aromatic amines is 1. The molecule has 1 heterocycles. The average molecular weight is 233 g/mol. The largest absolute Gasteiger partial charge is 0.327 e. The third-order valence-electron chi connectivity index (χ3n) is 5.40. The minimum atomic E-state index is 0.441. The fraction of sp³-hybridized carbons (Fsp3) is 0.917. The van der Waals surface area contributed by atoms with E-state index >= 15 is 0 Å². The average Bonchev–Trinajstić information content (AvgIpc) is 2.76. The first-order valence-electron chi connectivity index (χ1n) is 6.72. The summed E-state index contributed by atoms with van der Waals surface area (Å²) < 4.78 is 0. The molecule has 5 nitrogen and oxygen atoms in total. The molecule has 0 aromatic carbocycles. The number of H-pyrrole nitrogens is 1. The standard InChI is InChI=1S/C12H19N5/c13-11-8-1-7-2-9(11)5-12(3-7,4-8)6-10-14-16-17-15-10/h7-9,11H,1-6,13H2,(H,14,15,16,17). The van der Waals surface area contributed by atoms with Gasteiger partial charge in [0, 0.05) is 12.5 Å². The predicted molar refractivity (Wildman–Crippen MR) is 61.8 cm³/mol. The van der Waals surface area contributed by atoms with E-state index in [1.54, 1.807) is 0 Å². The summed E-state index contributed by atoms with van der Waals surface area (Å²) in [5.74, 6) is 3.32. The summed E-state index contributed by atoms with van der Waals surface area (Å²) in [5, 5.41) is 14.5. The molecule has 92 valence electrons. The Hall–Kier alpha value is -0.970. The molecule has 2 atom stereocenters. The van der Waals surface area contributed by atoms with Crippen LogP contribution in [0.5, 0.6) is 0 Å². The van der Waals surface area contributed by atoms with Crippen LogP contribution in [0.25, 0.3) is 0 Å². The molecule has 0 amide bonds. The van der Waals surface area contributed by atoms with Crippen LogP contribution in [0.15, 0.2) is 0 Å². The summed E-state index contributed by atoms with van der Waals surface area (Å²) >= 11 is 0. The second kappa shape index (κ2) is 3.28. The predicted octanol–water partition coefficient (Wildman–Crippen LogP) is 0.896. The summed E-state index contributed by atoms with van der Waals surface area (Å²) in [5.41, 5.74) is 6.79. The Labute approximate surface area is 101 Å². The van der Waals surface area contributed by atoms with Crippen molar-refractivity contribution in [2.75, 3.05) is 0 Å². The van der Waals surface area contributed by atoms with Gasteiger partial charge in [0.05, 0.1) is 0 Å². The van der Waals surface area contributed by atoms with Crippen molar-refractivity contribution in [3.8, 4) is 0 Å². The van der Waals surface area contributed by atoms with Crippen LogP contribution in [0.3, 0.4) is 0 Å². The number of hydrogen-bond acceptors (Lipinski definition) is 4. The highest BCUT2D eigenvalue weighted by molar-refractivity contribution is 5.08. The second-order valence-corrected chi connectivity index (χ2v) is 6.55. The van der Waals surface area contributed by atoms with Crippen molar-refractivity contribution >= 4 is 0 Å². The van der Waals surface area contributed by atoms with Crippen LogP contribution in [0.4, 0.5) is 0 Å². The van der Waals surface area contributed by atoms with Crippen molar-refractivity contribution in [2.45, 2.75) is 44.6 Å². The fourth-order valence-corrected chi connectivity index (χ4v) is 5.04. The van der Waals surface area contributed by atoms with Gasteiger partial charge >= 0.3 is 0 Å². The minimum Gasteiger partial charge on any atom is -0.327 e. The zero-order valence-corrected chi connectivity index (χ0v) is 9.97. The first kappa shape index (κ1) is 10.00. The zero-order valence-electron chi connectivity index (χ0n) is 9.97. The molecular formula is C12H19N5. The van der Waals surface area contributed by atoms with E-state index in [1.165, 1.54) is 32.1 Å². The molecule has 5 rings (SSSR count). The van der Waals surface area contributed by atoms with E-state index in [4.69, 9.17) is 5.73 Å². The molecule has 1 aromatic rings. The molecule has 3 N–H and O–H groups in total. The number of nitrogens with two attached hydrogens (primary N) is 1. The van der Waals surface area contributed by atoms with Crippen LogP contribution >= 0.6 is 0 Å². The van der Waals surface area contributed by atoms with Crippen LogP contribution in [-0.2, 0) is 6.42 Å². The Morgan fingerprint density at radius 2 is 2.00 bits per heavy atom. The van der Waals surface area contributed by atoms with Gasteiger partial charge in [-0.25, -0.2) is 0 Å².